The molecular formula is C29H33F2N3O. The van der Waals surface area contributed by atoms with Crippen molar-refractivity contribution in [1.29, 1.82) is 0 Å². The predicted octanol–water partition coefficient (Wildman–Crippen LogP) is 7.48. The maximum atomic E-state index is 13.7. The lowest BCUT2D eigenvalue weighted by atomic mass is 9.71. The number of hydrogen-bond donors (Lipinski definition) is 1. The van der Waals surface area contributed by atoms with E-state index in [1.54, 1.807) is 13.0 Å². The number of rotatable bonds is 7. The third-order valence-corrected chi connectivity index (χ3v) is 6.38. The Bertz CT molecular complexity index is 1210. The van der Waals surface area contributed by atoms with E-state index < -0.39 is 17.5 Å². The summed E-state index contributed by atoms with van der Waals surface area (Å²) in [7, 11) is 0. The molecule has 1 aromatic carbocycles. The number of imidazole rings is 1. The average molecular weight is 478 g/mol. The van der Waals surface area contributed by atoms with Gasteiger partial charge in [0.05, 0.1) is 18.1 Å². The maximum Gasteiger partial charge on any atom is 0.248 e. The average Bonchev–Trinajstić information content (AvgIpc) is 3.31. The second-order valence-corrected chi connectivity index (χ2v) is 9.63. The lowest BCUT2D eigenvalue weighted by Crippen LogP contribution is -2.25. The standard InChI is InChI=1S/C29H33F2N3O/c1-20(8-6-9-21(2)18-27(35)33-25-11-7-10-24(30)28(25)31)12-13-23-22(3)26(14-15-29(23,4)5)34-17-16-32-19-34/h6-13,16-19,26H,14-15H2,1-5H3,(H,33,35). The molecule has 184 valence electrons. The van der Waals surface area contributed by atoms with Gasteiger partial charge in [0.15, 0.2) is 11.6 Å². The summed E-state index contributed by atoms with van der Waals surface area (Å²) in [5, 5.41) is 2.36. The zero-order chi connectivity index (χ0) is 25.6. The van der Waals surface area contributed by atoms with Crippen LogP contribution in [0.1, 0.15) is 53.5 Å². The number of nitrogens with one attached hydrogen (secondary N) is 1. The molecule has 1 N–H and O–H groups in total. The van der Waals surface area contributed by atoms with E-state index in [0.717, 1.165) is 24.5 Å². The first kappa shape index (κ1) is 26.1. The third-order valence-electron chi connectivity index (χ3n) is 6.38. The van der Waals surface area contributed by atoms with Crippen molar-refractivity contribution >= 4 is 11.6 Å². The number of benzene rings is 1. The highest BCUT2D eigenvalue weighted by Crippen LogP contribution is 2.45. The minimum absolute atomic E-state index is 0.0988. The minimum atomic E-state index is -1.07. The van der Waals surface area contributed by atoms with Gasteiger partial charge in [0, 0.05) is 18.5 Å². The van der Waals surface area contributed by atoms with Crippen LogP contribution >= 0.6 is 0 Å². The second kappa shape index (κ2) is 11.3. The number of carbonyl (C=O) groups is 1. The summed E-state index contributed by atoms with van der Waals surface area (Å²) >= 11 is 0. The van der Waals surface area contributed by atoms with Gasteiger partial charge in [-0.15, -0.1) is 0 Å². The zero-order valence-corrected chi connectivity index (χ0v) is 21.0. The summed E-state index contributed by atoms with van der Waals surface area (Å²) < 4.78 is 29.2. The molecule has 1 unspecified atom stereocenters. The van der Waals surface area contributed by atoms with E-state index in [2.05, 4.69) is 47.8 Å². The van der Waals surface area contributed by atoms with E-state index in [4.69, 9.17) is 0 Å². The van der Waals surface area contributed by atoms with Crippen LogP contribution in [-0.4, -0.2) is 15.5 Å². The lowest BCUT2D eigenvalue weighted by molar-refractivity contribution is -0.112. The number of anilines is 1. The molecule has 1 atom stereocenters. The molecule has 1 aliphatic rings. The summed E-state index contributed by atoms with van der Waals surface area (Å²) in [6, 6.07) is 3.99. The van der Waals surface area contributed by atoms with Gasteiger partial charge in [0.25, 0.3) is 0 Å². The van der Waals surface area contributed by atoms with E-state index in [9.17, 15) is 13.6 Å². The number of halogens is 2. The SMILES string of the molecule is CC(C=CC1=C(C)C(n2ccnc2)CCC1(C)C)=CC=CC(C)=CC(=O)Nc1cccc(F)c1F. The predicted molar refractivity (Wildman–Crippen MR) is 138 cm³/mol. The number of allylic oxidation sites excluding steroid dienone is 9. The van der Waals surface area contributed by atoms with Gasteiger partial charge < -0.3 is 9.88 Å². The molecule has 0 fully saturated rings. The Balaban J connectivity index is 1.67. The number of amides is 1. The first-order valence-electron chi connectivity index (χ1n) is 11.7. The Hall–Kier alpha value is -3.54. The molecule has 1 amide bonds. The van der Waals surface area contributed by atoms with Gasteiger partial charge in [-0.1, -0.05) is 55.9 Å². The highest BCUT2D eigenvalue weighted by Gasteiger charge is 2.32. The van der Waals surface area contributed by atoms with Gasteiger partial charge in [-0.3, -0.25) is 4.79 Å². The van der Waals surface area contributed by atoms with Crippen LogP contribution in [0.15, 0.2) is 95.7 Å². The summed E-state index contributed by atoms with van der Waals surface area (Å²) in [5.74, 6) is -2.60. The molecule has 1 aromatic heterocycles. The molecule has 0 aliphatic heterocycles. The van der Waals surface area contributed by atoms with E-state index in [-0.39, 0.29) is 11.1 Å². The molecule has 0 saturated heterocycles. The molecule has 1 aliphatic carbocycles. The Labute approximate surface area is 206 Å². The van der Waals surface area contributed by atoms with Crippen LogP contribution in [0.5, 0.6) is 0 Å². The summed E-state index contributed by atoms with van der Waals surface area (Å²) in [5.41, 5.74) is 4.37. The van der Waals surface area contributed by atoms with Gasteiger partial charge in [0.2, 0.25) is 5.91 Å². The van der Waals surface area contributed by atoms with Gasteiger partial charge in [-0.05, 0) is 67.9 Å². The smallest absolute Gasteiger partial charge is 0.248 e. The Kier molecular flexibility index (Phi) is 8.39. The molecule has 35 heavy (non-hydrogen) atoms. The fraction of sp³-hybridized carbons (Fsp3) is 0.310. The van der Waals surface area contributed by atoms with Crippen LogP contribution in [0.25, 0.3) is 0 Å². The fourth-order valence-electron chi connectivity index (χ4n) is 4.39. The lowest BCUT2D eigenvalue weighted by Gasteiger charge is -2.37. The van der Waals surface area contributed by atoms with Crippen molar-refractivity contribution in [3.05, 3.63) is 107 Å². The van der Waals surface area contributed by atoms with Crippen LogP contribution < -0.4 is 5.32 Å². The van der Waals surface area contributed by atoms with Crippen LogP contribution in [0, 0.1) is 17.0 Å². The number of hydrogen-bond acceptors (Lipinski definition) is 2. The molecule has 3 rings (SSSR count). The summed E-state index contributed by atoms with van der Waals surface area (Å²) in [4.78, 5) is 16.3. The Morgan fingerprint density at radius 3 is 2.69 bits per heavy atom. The van der Waals surface area contributed by atoms with E-state index >= 15 is 0 Å². The topological polar surface area (TPSA) is 46.9 Å². The summed E-state index contributed by atoms with van der Waals surface area (Å²) in [6.07, 6.45) is 19.2. The fourth-order valence-corrected chi connectivity index (χ4v) is 4.39. The van der Waals surface area contributed by atoms with E-state index in [1.165, 1.54) is 29.4 Å². The minimum Gasteiger partial charge on any atom is -0.330 e. The molecular weight excluding hydrogens is 444 g/mol. The van der Waals surface area contributed by atoms with Crippen molar-refractivity contribution in [2.24, 2.45) is 5.41 Å². The first-order valence-corrected chi connectivity index (χ1v) is 11.7. The largest absolute Gasteiger partial charge is 0.330 e. The van der Waals surface area contributed by atoms with Gasteiger partial charge in [-0.2, -0.15) is 0 Å². The highest BCUT2D eigenvalue weighted by atomic mass is 19.2. The van der Waals surface area contributed by atoms with Crippen molar-refractivity contribution in [3.63, 3.8) is 0 Å². The molecule has 0 radical (unpaired) electrons. The molecule has 0 bridgehead atoms. The molecule has 4 nitrogen and oxygen atoms in total. The van der Waals surface area contributed by atoms with Gasteiger partial charge in [-0.25, -0.2) is 13.8 Å². The first-order chi connectivity index (χ1) is 16.6. The van der Waals surface area contributed by atoms with Crippen molar-refractivity contribution in [1.82, 2.24) is 9.55 Å². The molecule has 0 saturated carbocycles. The Morgan fingerprint density at radius 1 is 1.20 bits per heavy atom. The van der Waals surface area contributed by atoms with Crippen LogP contribution in [-0.2, 0) is 4.79 Å². The van der Waals surface area contributed by atoms with Crippen LogP contribution in [0.2, 0.25) is 0 Å². The van der Waals surface area contributed by atoms with Gasteiger partial charge in [0.1, 0.15) is 0 Å². The van der Waals surface area contributed by atoms with Crippen molar-refractivity contribution in [2.75, 3.05) is 5.32 Å². The quantitative estimate of drug-likeness (QED) is 0.332. The number of aromatic nitrogens is 2. The maximum absolute atomic E-state index is 13.7. The molecule has 6 heteroatoms. The van der Waals surface area contributed by atoms with Crippen LogP contribution in [0.4, 0.5) is 14.5 Å². The normalized spacial score (nSPS) is 19.1. The number of nitrogens with zero attached hydrogens (tertiary/aromatic N) is 2. The highest BCUT2D eigenvalue weighted by molar-refractivity contribution is 6.00. The van der Waals surface area contributed by atoms with E-state index in [1.807, 2.05) is 37.8 Å². The van der Waals surface area contributed by atoms with Crippen molar-refractivity contribution < 1.29 is 13.6 Å². The monoisotopic (exact) mass is 477 g/mol. The molecule has 2 aromatic rings. The van der Waals surface area contributed by atoms with Crippen LogP contribution in [0.3, 0.4) is 0 Å². The van der Waals surface area contributed by atoms with E-state index in [0.29, 0.717) is 11.6 Å². The molecule has 1 heterocycles. The van der Waals surface area contributed by atoms with Gasteiger partial charge >= 0.3 is 0 Å². The summed E-state index contributed by atoms with van der Waals surface area (Å²) in [6.45, 7) is 10.6. The molecule has 0 spiro atoms. The Morgan fingerprint density at radius 2 is 1.97 bits per heavy atom. The second-order valence-electron chi connectivity index (χ2n) is 9.63. The number of carbonyl (C=O) groups excluding carboxylic acids is 1. The zero-order valence-electron chi connectivity index (χ0n) is 21.0. The van der Waals surface area contributed by atoms with Crippen molar-refractivity contribution in [2.45, 2.75) is 53.5 Å². The third kappa shape index (κ3) is 6.75. The van der Waals surface area contributed by atoms with Crippen molar-refractivity contribution in [3.8, 4) is 0 Å².